The Hall–Kier alpha value is -2.16. The lowest BCUT2D eigenvalue weighted by Crippen LogP contribution is -1.86. The van der Waals surface area contributed by atoms with Crippen LogP contribution in [0.4, 0.5) is 0 Å². The minimum Gasteiger partial charge on any atom is -0.508 e. The molecule has 3 heteroatoms. The first kappa shape index (κ1) is 11.3. The zero-order valence-electron chi connectivity index (χ0n) is 9.73. The number of benzene rings is 2. The van der Waals surface area contributed by atoms with E-state index in [0.717, 1.165) is 17.2 Å². The maximum atomic E-state index is 9.86. The van der Waals surface area contributed by atoms with Gasteiger partial charge in [0, 0.05) is 17.2 Å². The van der Waals surface area contributed by atoms with Crippen molar-refractivity contribution in [2.75, 3.05) is 0 Å². The summed E-state index contributed by atoms with van der Waals surface area (Å²) in [6.07, 6.45) is 0. The Morgan fingerprint density at radius 3 is 2.00 bits per heavy atom. The monoisotopic (exact) mass is 230 g/mol. The minimum atomic E-state index is -0.316. The highest BCUT2D eigenvalue weighted by Crippen LogP contribution is 2.43. The SMILES string of the molecule is Cc1ccc(-c2c(C)c(O)cc(O)c2O)cc1. The lowest BCUT2D eigenvalue weighted by atomic mass is 9.97. The predicted molar refractivity (Wildman–Crippen MR) is 66.3 cm³/mol. The number of phenolic OH excluding ortho intramolecular Hbond substituents is 3. The largest absolute Gasteiger partial charge is 0.508 e. The fraction of sp³-hybridized carbons (Fsp3) is 0.143. The third kappa shape index (κ3) is 1.91. The zero-order chi connectivity index (χ0) is 12.6. The van der Waals surface area contributed by atoms with Gasteiger partial charge in [0.2, 0.25) is 0 Å². The molecule has 0 saturated carbocycles. The van der Waals surface area contributed by atoms with E-state index in [9.17, 15) is 15.3 Å². The van der Waals surface area contributed by atoms with Crippen molar-refractivity contribution in [2.45, 2.75) is 13.8 Å². The Bertz CT molecular complexity index is 530. The first-order valence-electron chi connectivity index (χ1n) is 5.32. The lowest BCUT2D eigenvalue weighted by molar-refractivity contribution is 0.397. The van der Waals surface area contributed by atoms with E-state index in [1.165, 1.54) is 0 Å². The third-order valence-electron chi connectivity index (χ3n) is 2.85. The van der Waals surface area contributed by atoms with E-state index in [2.05, 4.69) is 0 Å². The van der Waals surface area contributed by atoms with Crippen LogP contribution in [0.15, 0.2) is 30.3 Å². The van der Waals surface area contributed by atoms with Gasteiger partial charge in [-0.3, -0.25) is 0 Å². The predicted octanol–water partition coefficient (Wildman–Crippen LogP) is 3.09. The van der Waals surface area contributed by atoms with Crippen LogP contribution in [0.5, 0.6) is 17.2 Å². The maximum absolute atomic E-state index is 9.86. The summed E-state index contributed by atoms with van der Waals surface area (Å²) in [6, 6.07) is 8.65. The molecule has 2 aromatic rings. The average molecular weight is 230 g/mol. The van der Waals surface area contributed by atoms with Gasteiger partial charge in [0.05, 0.1) is 0 Å². The van der Waals surface area contributed by atoms with Gasteiger partial charge in [-0.1, -0.05) is 29.8 Å². The van der Waals surface area contributed by atoms with Crippen molar-refractivity contribution in [3.05, 3.63) is 41.5 Å². The number of aromatic hydroxyl groups is 3. The average Bonchev–Trinajstić information content (AvgIpc) is 2.29. The van der Waals surface area contributed by atoms with E-state index in [0.29, 0.717) is 11.1 Å². The summed E-state index contributed by atoms with van der Waals surface area (Å²) >= 11 is 0. The standard InChI is InChI=1S/C14H14O3/c1-8-3-5-10(6-4-8)13-9(2)11(15)7-12(16)14(13)17/h3-7,15-17H,1-2H3. The number of hydrogen-bond donors (Lipinski definition) is 3. The van der Waals surface area contributed by atoms with Crippen molar-refractivity contribution >= 4 is 0 Å². The smallest absolute Gasteiger partial charge is 0.165 e. The van der Waals surface area contributed by atoms with E-state index < -0.39 is 0 Å². The molecule has 0 atom stereocenters. The number of rotatable bonds is 1. The molecule has 0 aliphatic rings. The molecule has 0 saturated heterocycles. The molecule has 0 aliphatic carbocycles. The third-order valence-corrected chi connectivity index (χ3v) is 2.85. The molecule has 2 aromatic carbocycles. The van der Waals surface area contributed by atoms with E-state index >= 15 is 0 Å². The van der Waals surface area contributed by atoms with Gasteiger partial charge in [0.15, 0.2) is 11.5 Å². The summed E-state index contributed by atoms with van der Waals surface area (Å²) in [5.74, 6) is -0.552. The van der Waals surface area contributed by atoms with Crippen LogP contribution < -0.4 is 0 Å². The molecule has 0 aromatic heterocycles. The number of aryl methyl sites for hydroxylation is 1. The van der Waals surface area contributed by atoms with Gasteiger partial charge >= 0.3 is 0 Å². The van der Waals surface area contributed by atoms with Crippen molar-refractivity contribution in [3.63, 3.8) is 0 Å². The van der Waals surface area contributed by atoms with Gasteiger partial charge in [0.1, 0.15) is 5.75 Å². The molecular formula is C14H14O3. The second-order valence-corrected chi connectivity index (χ2v) is 4.13. The molecule has 0 unspecified atom stereocenters. The first-order valence-corrected chi connectivity index (χ1v) is 5.32. The number of hydrogen-bond acceptors (Lipinski definition) is 3. The molecule has 0 heterocycles. The van der Waals surface area contributed by atoms with Crippen molar-refractivity contribution in [1.82, 2.24) is 0 Å². The summed E-state index contributed by atoms with van der Waals surface area (Å²) < 4.78 is 0. The van der Waals surface area contributed by atoms with Crippen LogP contribution >= 0.6 is 0 Å². The van der Waals surface area contributed by atoms with E-state index in [1.54, 1.807) is 6.92 Å². The van der Waals surface area contributed by atoms with Crippen molar-refractivity contribution < 1.29 is 15.3 Å². The molecule has 0 fully saturated rings. The Kier molecular flexibility index (Phi) is 2.68. The van der Waals surface area contributed by atoms with E-state index in [4.69, 9.17) is 0 Å². The Balaban J connectivity index is 2.70. The van der Waals surface area contributed by atoms with Crippen LogP contribution in [-0.4, -0.2) is 15.3 Å². The van der Waals surface area contributed by atoms with Crippen molar-refractivity contribution in [1.29, 1.82) is 0 Å². The van der Waals surface area contributed by atoms with Gasteiger partial charge in [-0.25, -0.2) is 0 Å². The molecular weight excluding hydrogens is 216 g/mol. The second kappa shape index (κ2) is 4.01. The van der Waals surface area contributed by atoms with Gasteiger partial charge in [-0.15, -0.1) is 0 Å². The summed E-state index contributed by atoms with van der Waals surface area (Å²) in [5.41, 5.74) is 2.87. The summed E-state index contributed by atoms with van der Waals surface area (Å²) in [5, 5.41) is 29.0. The molecule has 17 heavy (non-hydrogen) atoms. The van der Waals surface area contributed by atoms with Crippen molar-refractivity contribution in [2.24, 2.45) is 0 Å². The van der Waals surface area contributed by atoms with Crippen LogP contribution in [0.2, 0.25) is 0 Å². The fourth-order valence-corrected chi connectivity index (χ4v) is 1.81. The summed E-state index contributed by atoms with van der Waals surface area (Å²) in [6.45, 7) is 3.67. The Labute approximate surface area is 99.6 Å². The normalized spacial score (nSPS) is 10.5. The highest BCUT2D eigenvalue weighted by atomic mass is 16.3. The quantitative estimate of drug-likeness (QED) is 0.521. The molecule has 0 spiro atoms. The second-order valence-electron chi connectivity index (χ2n) is 4.13. The highest BCUT2D eigenvalue weighted by Gasteiger charge is 2.15. The molecule has 88 valence electrons. The molecule has 0 amide bonds. The molecule has 2 rings (SSSR count). The van der Waals surface area contributed by atoms with Crippen molar-refractivity contribution in [3.8, 4) is 28.4 Å². The number of phenols is 3. The topological polar surface area (TPSA) is 60.7 Å². The van der Waals surface area contributed by atoms with Crippen LogP contribution in [0, 0.1) is 13.8 Å². The lowest BCUT2D eigenvalue weighted by Gasteiger charge is -2.12. The van der Waals surface area contributed by atoms with Gasteiger partial charge < -0.3 is 15.3 Å². The first-order chi connectivity index (χ1) is 8.00. The van der Waals surface area contributed by atoms with Gasteiger partial charge in [-0.05, 0) is 19.4 Å². The summed E-state index contributed by atoms with van der Waals surface area (Å²) in [4.78, 5) is 0. The van der Waals surface area contributed by atoms with E-state index in [-0.39, 0.29) is 17.2 Å². The molecule has 0 bridgehead atoms. The van der Waals surface area contributed by atoms with Crippen LogP contribution in [0.1, 0.15) is 11.1 Å². The summed E-state index contributed by atoms with van der Waals surface area (Å²) in [7, 11) is 0. The maximum Gasteiger partial charge on any atom is 0.165 e. The van der Waals surface area contributed by atoms with E-state index in [1.807, 2.05) is 31.2 Å². The molecule has 3 N–H and O–H groups in total. The molecule has 3 nitrogen and oxygen atoms in total. The molecule has 0 aliphatic heterocycles. The van der Waals surface area contributed by atoms with Crippen LogP contribution in [0.3, 0.4) is 0 Å². The Morgan fingerprint density at radius 1 is 0.824 bits per heavy atom. The highest BCUT2D eigenvalue weighted by molar-refractivity contribution is 5.78. The fourth-order valence-electron chi connectivity index (χ4n) is 1.81. The molecule has 0 radical (unpaired) electrons. The minimum absolute atomic E-state index is 0.0316. The Morgan fingerprint density at radius 2 is 1.41 bits per heavy atom. The van der Waals surface area contributed by atoms with Crippen LogP contribution in [0.25, 0.3) is 11.1 Å². The van der Waals surface area contributed by atoms with Crippen LogP contribution in [-0.2, 0) is 0 Å². The van der Waals surface area contributed by atoms with Gasteiger partial charge in [0.25, 0.3) is 0 Å². The zero-order valence-corrected chi connectivity index (χ0v) is 9.73. The van der Waals surface area contributed by atoms with Gasteiger partial charge in [-0.2, -0.15) is 0 Å².